The summed E-state index contributed by atoms with van der Waals surface area (Å²) in [4.78, 5) is 0. The number of rotatable bonds is 48. The molecule has 4 heteroatoms. The smallest absolute Gasteiger partial charge is 0.0397 e. The summed E-state index contributed by atoms with van der Waals surface area (Å²) < 4.78 is 14.0. The second-order valence-electron chi connectivity index (χ2n) is 27.2. The molecule has 0 saturated carbocycles. The largest absolute Gasteiger partial charge is 0.135 e. The molecule has 5 aromatic carbocycles. The zero-order valence-electron chi connectivity index (χ0n) is 55.6. The molecule has 0 atom stereocenters. The molecule has 0 nitrogen and oxygen atoms in total. The van der Waals surface area contributed by atoms with Crippen LogP contribution in [-0.2, 0) is 51.4 Å². The van der Waals surface area contributed by atoms with E-state index in [1.165, 1.54) is 308 Å². The summed E-state index contributed by atoms with van der Waals surface area (Å²) in [7, 11) is 0. The van der Waals surface area contributed by atoms with Gasteiger partial charge in [-0.25, -0.2) is 0 Å². The van der Waals surface area contributed by atoms with Crippen molar-refractivity contribution in [2.24, 2.45) is 0 Å². The molecule has 0 aliphatic heterocycles. The molecule has 4 heterocycles. The lowest BCUT2D eigenvalue weighted by Gasteiger charge is -2.18. The van der Waals surface area contributed by atoms with Crippen LogP contribution >= 0.6 is 45.3 Å². The highest BCUT2D eigenvalue weighted by Gasteiger charge is 2.34. The molecule has 0 aliphatic rings. The number of aryl methyl sites for hydroxylation is 8. The zero-order chi connectivity index (χ0) is 58.6. The number of thiophene rings is 4. The van der Waals surface area contributed by atoms with Crippen molar-refractivity contribution in [3.05, 3.63) is 44.5 Å². The van der Waals surface area contributed by atoms with E-state index in [2.05, 4.69) is 101 Å². The predicted octanol–water partition coefficient (Wildman–Crippen LogP) is 29.6. The van der Waals surface area contributed by atoms with Gasteiger partial charge in [-0.1, -0.05) is 261 Å². The van der Waals surface area contributed by atoms with E-state index >= 15 is 0 Å². The van der Waals surface area contributed by atoms with Crippen LogP contribution in [0.2, 0.25) is 0 Å². The first-order valence-electron chi connectivity index (χ1n) is 37.1. The summed E-state index contributed by atoms with van der Waals surface area (Å²) >= 11 is 9.45. The van der Waals surface area contributed by atoms with E-state index in [9.17, 15) is 0 Å². The van der Waals surface area contributed by atoms with Gasteiger partial charge < -0.3 is 0 Å². The summed E-state index contributed by atoms with van der Waals surface area (Å²) in [6, 6.07) is 0. The lowest BCUT2D eigenvalue weighted by atomic mass is 9.84. The van der Waals surface area contributed by atoms with Crippen LogP contribution in [0.4, 0.5) is 0 Å². The Kier molecular flexibility index (Phi) is 27.3. The summed E-state index contributed by atoms with van der Waals surface area (Å²) in [6.45, 7) is 19.2. The molecule has 0 amide bonds. The third-order valence-corrected chi connectivity index (χ3v) is 25.8. The maximum atomic E-state index is 2.40. The molecule has 0 fully saturated rings. The van der Waals surface area contributed by atoms with E-state index in [0.29, 0.717) is 0 Å². The highest BCUT2D eigenvalue weighted by atomic mass is 32.1. The molecule has 9 rings (SSSR count). The maximum Gasteiger partial charge on any atom is 0.0397 e. The Bertz CT molecular complexity index is 2620. The lowest BCUT2D eigenvalue weighted by Crippen LogP contribution is -1.99. The summed E-state index contributed by atoms with van der Waals surface area (Å²) in [6.07, 6.45) is 64.3. The van der Waals surface area contributed by atoms with E-state index in [4.69, 9.17) is 0 Å². The van der Waals surface area contributed by atoms with E-state index in [-0.39, 0.29) is 0 Å². The maximum absolute atomic E-state index is 2.40. The molecular weight excluding hydrogens is 1090 g/mol. The van der Waals surface area contributed by atoms with Crippen LogP contribution in [0.25, 0.3) is 80.7 Å². The van der Waals surface area contributed by atoms with Crippen molar-refractivity contribution < 1.29 is 0 Å². The van der Waals surface area contributed by atoms with Gasteiger partial charge in [-0.15, -0.1) is 45.3 Å². The van der Waals surface area contributed by atoms with E-state index in [1.807, 2.05) is 44.5 Å². The third kappa shape index (κ3) is 15.0. The molecule has 0 radical (unpaired) electrons. The molecule has 0 saturated heterocycles. The first-order chi connectivity index (χ1) is 41.5. The molecule has 0 spiro atoms. The van der Waals surface area contributed by atoms with Gasteiger partial charge >= 0.3 is 0 Å². The van der Waals surface area contributed by atoms with Crippen LogP contribution in [0.15, 0.2) is 0 Å². The first kappa shape index (κ1) is 66.2. The fourth-order valence-corrected chi connectivity index (χ4v) is 21.8. The Labute approximate surface area is 530 Å². The molecule has 0 unspecified atom stereocenters. The van der Waals surface area contributed by atoms with Crippen LogP contribution in [0.3, 0.4) is 0 Å². The fourth-order valence-electron chi connectivity index (χ4n) is 15.8. The second kappa shape index (κ2) is 34.7. The summed E-state index contributed by atoms with van der Waals surface area (Å²) in [5.74, 6) is 0. The van der Waals surface area contributed by atoms with Gasteiger partial charge in [0.1, 0.15) is 0 Å². The van der Waals surface area contributed by atoms with Gasteiger partial charge in [-0.3, -0.25) is 0 Å². The van der Waals surface area contributed by atoms with E-state index in [0.717, 1.165) is 0 Å². The summed E-state index contributed by atoms with van der Waals surface area (Å²) in [5.41, 5.74) is 14.5. The topological polar surface area (TPSA) is 0 Å². The average molecular weight is 1210 g/mol. The molecule has 84 heavy (non-hydrogen) atoms. The first-order valence-corrected chi connectivity index (χ1v) is 40.4. The van der Waals surface area contributed by atoms with Crippen molar-refractivity contribution in [1.82, 2.24) is 0 Å². The van der Waals surface area contributed by atoms with Gasteiger partial charge in [0.25, 0.3) is 0 Å². The van der Waals surface area contributed by atoms with Gasteiger partial charge in [-0.05, 0) is 147 Å². The standard InChI is InChI=1S/C80H120S4/c1-9-17-25-33-41-49-57-58(50-42-34-26-18-10-2)74-66-65-67-69-71-72-70-68(66)76(82-74)61(53-45-37-29-21-13-5)62(54-46-38-30-22-14-6)78(70)84-80(72)64(56-48-40-32-24-16-8)63(55-47-39-31-23-15-7)79(71)83-77(69)60(52-44-36-28-20-12-4)59(75(67)81-73(57)65)51-43-35-27-19-11-3/h9-56H2,1-8H3. The highest BCUT2D eigenvalue weighted by molar-refractivity contribution is 7.31. The third-order valence-electron chi connectivity index (χ3n) is 20.5. The van der Waals surface area contributed by atoms with Gasteiger partial charge in [0.15, 0.2) is 0 Å². The molecule has 0 aliphatic carbocycles. The van der Waals surface area contributed by atoms with E-state index in [1.54, 1.807) is 80.7 Å². The number of hydrogen-bond donors (Lipinski definition) is 0. The van der Waals surface area contributed by atoms with Crippen LogP contribution < -0.4 is 0 Å². The number of unbranched alkanes of at least 4 members (excludes halogenated alkanes) is 32. The molecule has 4 aromatic heterocycles. The van der Waals surface area contributed by atoms with Crippen molar-refractivity contribution in [2.75, 3.05) is 0 Å². The molecular formula is C80H120S4. The quantitative estimate of drug-likeness (QED) is 0.0334. The Morgan fingerprint density at radius 1 is 0.143 bits per heavy atom. The van der Waals surface area contributed by atoms with Crippen LogP contribution in [-0.4, -0.2) is 0 Å². The predicted molar refractivity (Wildman–Crippen MR) is 391 cm³/mol. The van der Waals surface area contributed by atoms with Crippen molar-refractivity contribution in [1.29, 1.82) is 0 Å². The van der Waals surface area contributed by atoms with Crippen LogP contribution in [0.5, 0.6) is 0 Å². The SMILES string of the molecule is CCCCCCCc1c(CCCCCCC)c2sc3c(CCCCCCC)c(CCCCCCC)c4sc5c(CCCCCCC)c(CCCCCCC)c6sc7c(CCCCCCC)c(CCCCCCC)c8sc1c1c8c7c6c5c4c3c21. The molecule has 9 aromatic rings. The van der Waals surface area contributed by atoms with Crippen molar-refractivity contribution in [3.63, 3.8) is 0 Å². The molecule has 0 N–H and O–H groups in total. The van der Waals surface area contributed by atoms with Crippen molar-refractivity contribution in [3.8, 4) is 0 Å². The minimum atomic E-state index is 1.26. The summed E-state index contributed by atoms with van der Waals surface area (Å²) in [5, 5.41) is 14.0. The van der Waals surface area contributed by atoms with Crippen LogP contribution in [0.1, 0.15) is 357 Å². The minimum absolute atomic E-state index is 1.26. The van der Waals surface area contributed by atoms with Gasteiger partial charge in [-0.2, -0.15) is 0 Å². The Morgan fingerprint density at radius 3 is 0.357 bits per heavy atom. The van der Waals surface area contributed by atoms with Crippen molar-refractivity contribution in [2.45, 2.75) is 364 Å². The highest BCUT2D eigenvalue weighted by Crippen LogP contribution is 2.62. The van der Waals surface area contributed by atoms with Gasteiger partial charge in [0.2, 0.25) is 0 Å². The van der Waals surface area contributed by atoms with Crippen molar-refractivity contribution >= 4 is 126 Å². The Balaban J connectivity index is 1.48. The van der Waals surface area contributed by atoms with E-state index < -0.39 is 0 Å². The molecule has 464 valence electrons. The monoisotopic (exact) mass is 1210 g/mol. The van der Waals surface area contributed by atoms with Gasteiger partial charge in [0, 0.05) is 80.7 Å². The normalized spacial score (nSPS) is 12.7. The fraction of sp³-hybridized carbons (Fsp3) is 0.700. The zero-order valence-corrected chi connectivity index (χ0v) is 58.8. The number of hydrogen-bond acceptors (Lipinski definition) is 4. The average Bonchev–Trinajstić information content (AvgIpc) is 1.51. The van der Waals surface area contributed by atoms with Gasteiger partial charge in [0.05, 0.1) is 0 Å². The molecule has 0 bridgehead atoms. The number of benzene rings is 4. The second-order valence-corrected chi connectivity index (χ2v) is 31.3. The lowest BCUT2D eigenvalue weighted by molar-refractivity contribution is 0.623. The minimum Gasteiger partial charge on any atom is -0.135 e. The van der Waals surface area contributed by atoms with Crippen LogP contribution in [0, 0.1) is 0 Å². The Hall–Kier alpha value is -2.24. The Morgan fingerprint density at radius 2 is 0.250 bits per heavy atom.